The maximum Gasteiger partial charge on any atom is 0.311 e. The summed E-state index contributed by atoms with van der Waals surface area (Å²) in [7, 11) is 0. The Bertz CT molecular complexity index is 618. The van der Waals surface area contributed by atoms with Crippen molar-refractivity contribution in [2.24, 2.45) is 11.3 Å². The zero-order valence-electron chi connectivity index (χ0n) is 13.0. The van der Waals surface area contributed by atoms with E-state index in [9.17, 15) is 19.1 Å². The van der Waals surface area contributed by atoms with Crippen molar-refractivity contribution in [3.05, 3.63) is 30.1 Å². The van der Waals surface area contributed by atoms with Crippen molar-refractivity contribution in [3.8, 4) is 5.75 Å². The van der Waals surface area contributed by atoms with Gasteiger partial charge in [-0.25, -0.2) is 4.39 Å². The Morgan fingerprint density at radius 1 is 1.39 bits per heavy atom. The highest BCUT2D eigenvalue weighted by atomic mass is 19.1. The number of carboxylic acids is 1. The molecule has 0 spiro atoms. The molecule has 2 fully saturated rings. The average Bonchev–Trinajstić information content (AvgIpc) is 3.06. The van der Waals surface area contributed by atoms with E-state index in [1.807, 2.05) is 0 Å². The molecule has 1 saturated carbocycles. The van der Waals surface area contributed by atoms with Gasteiger partial charge in [-0.15, -0.1) is 0 Å². The van der Waals surface area contributed by atoms with Crippen molar-refractivity contribution < 1.29 is 23.8 Å². The first-order valence-corrected chi connectivity index (χ1v) is 7.87. The highest BCUT2D eigenvalue weighted by molar-refractivity contribution is 5.84. The number of hydrogen-bond acceptors (Lipinski definition) is 3. The Hall–Kier alpha value is -2.11. The number of amides is 1. The van der Waals surface area contributed by atoms with E-state index in [-0.39, 0.29) is 24.2 Å². The van der Waals surface area contributed by atoms with Crippen LogP contribution in [-0.2, 0) is 9.59 Å². The molecule has 1 aliphatic carbocycles. The smallest absolute Gasteiger partial charge is 0.311 e. The van der Waals surface area contributed by atoms with Gasteiger partial charge in [0.1, 0.15) is 11.6 Å². The minimum atomic E-state index is -0.803. The summed E-state index contributed by atoms with van der Waals surface area (Å²) in [5.41, 5.74) is -0.786. The molecule has 23 heavy (non-hydrogen) atoms. The van der Waals surface area contributed by atoms with Crippen LogP contribution in [0.2, 0.25) is 0 Å². The number of carboxylic acid groups (broad SMARTS) is 1. The van der Waals surface area contributed by atoms with Crippen LogP contribution < -0.4 is 4.74 Å². The summed E-state index contributed by atoms with van der Waals surface area (Å²) in [6.45, 7) is 2.36. The molecule has 1 N–H and O–H groups in total. The molecule has 6 heteroatoms. The normalized spacial score (nSPS) is 27.6. The third-order valence-corrected chi connectivity index (χ3v) is 5.08. The van der Waals surface area contributed by atoms with E-state index >= 15 is 0 Å². The molecule has 5 nitrogen and oxygen atoms in total. The molecule has 0 bridgehead atoms. The van der Waals surface area contributed by atoms with Crippen molar-refractivity contribution in [1.82, 2.24) is 4.90 Å². The molecule has 2 aliphatic rings. The highest BCUT2D eigenvalue weighted by Gasteiger charge is 2.56. The van der Waals surface area contributed by atoms with Crippen molar-refractivity contribution in [2.45, 2.75) is 32.3 Å². The Kier molecular flexibility index (Phi) is 4.00. The standard InChI is InChI=1S/C17H20FNO4/c1-11(23-14-6-4-13(18)5-7-14)15(20)19-9-12-3-2-8-17(12,10-19)16(21)22/h4-7,11-12H,2-3,8-10H2,1H3,(H,21,22)/t11?,12-,17+/m0/s1. The zero-order valence-corrected chi connectivity index (χ0v) is 13.0. The summed E-state index contributed by atoms with van der Waals surface area (Å²) >= 11 is 0. The highest BCUT2D eigenvalue weighted by Crippen LogP contribution is 2.49. The molecule has 124 valence electrons. The number of hydrogen-bond donors (Lipinski definition) is 1. The number of carbonyl (C=O) groups excluding carboxylic acids is 1. The van der Waals surface area contributed by atoms with Crippen molar-refractivity contribution >= 4 is 11.9 Å². The largest absolute Gasteiger partial charge is 0.481 e. The monoisotopic (exact) mass is 321 g/mol. The van der Waals surface area contributed by atoms with E-state index in [4.69, 9.17) is 4.74 Å². The van der Waals surface area contributed by atoms with Gasteiger partial charge in [-0.2, -0.15) is 0 Å². The van der Waals surface area contributed by atoms with E-state index in [2.05, 4.69) is 0 Å². The molecule has 1 unspecified atom stereocenters. The molecule has 0 radical (unpaired) electrons. The fraction of sp³-hybridized carbons (Fsp3) is 0.529. The Labute approximate surface area is 134 Å². The minimum absolute atomic E-state index is 0.0296. The van der Waals surface area contributed by atoms with E-state index < -0.39 is 17.5 Å². The molecule has 1 aromatic carbocycles. The van der Waals surface area contributed by atoms with Crippen LogP contribution >= 0.6 is 0 Å². The first-order chi connectivity index (χ1) is 10.9. The lowest BCUT2D eigenvalue weighted by Gasteiger charge is -2.25. The summed E-state index contributed by atoms with van der Waals surface area (Å²) < 4.78 is 18.4. The van der Waals surface area contributed by atoms with E-state index in [1.54, 1.807) is 11.8 Å². The number of likely N-dealkylation sites (tertiary alicyclic amines) is 1. The molecule has 3 atom stereocenters. The number of halogens is 1. The van der Waals surface area contributed by atoms with Gasteiger partial charge in [0, 0.05) is 13.1 Å². The van der Waals surface area contributed by atoms with E-state index in [0.29, 0.717) is 18.7 Å². The van der Waals surface area contributed by atoms with Gasteiger partial charge in [0.15, 0.2) is 6.10 Å². The van der Waals surface area contributed by atoms with Gasteiger partial charge in [0.05, 0.1) is 5.41 Å². The van der Waals surface area contributed by atoms with Crippen LogP contribution in [0.3, 0.4) is 0 Å². The number of rotatable bonds is 4. The Morgan fingerprint density at radius 3 is 2.70 bits per heavy atom. The lowest BCUT2D eigenvalue weighted by molar-refractivity contribution is -0.150. The molecule has 1 saturated heterocycles. The van der Waals surface area contributed by atoms with Crippen LogP contribution in [0, 0.1) is 17.2 Å². The van der Waals surface area contributed by atoms with Crippen LogP contribution in [-0.4, -0.2) is 41.1 Å². The number of ether oxygens (including phenoxy) is 1. The maximum absolute atomic E-state index is 12.9. The van der Waals surface area contributed by atoms with Gasteiger partial charge < -0.3 is 14.7 Å². The summed E-state index contributed by atoms with van der Waals surface area (Å²) in [6.07, 6.45) is 1.65. The van der Waals surface area contributed by atoms with Gasteiger partial charge in [-0.1, -0.05) is 6.42 Å². The van der Waals surface area contributed by atoms with Crippen molar-refractivity contribution in [3.63, 3.8) is 0 Å². The average molecular weight is 321 g/mol. The zero-order chi connectivity index (χ0) is 16.6. The van der Waals surface area contributed by atoms with E-state index in [1.165, 1.54) is 24.3 Å². The number of fused-ring (bicyclic) bond motifs is 1. The number of nitrogens with zero attached hydrogens (tertiary/aromatic N) is 1. The SMILES string of the molecule is CC(Oc1ccc(F)cc1)C(=O)N1C[C@@H]2CCC[C@@]2(C(=O)O)C1. The van der Waals surface area contributed by atoms with Gasteiger partial charge >= 0.3 is 5.97 Å². The molecule has 1 heterocycles. The van der Waals surface area contributed by atoms with Crippen LogP contribution in [0.5, 0.6) is 5.75 Å². The van der Waals surface area contributed by atoms with Crippen molar-refractivity contribution in [1.29, 1.82) is 0 Å². The second-order valence-electron chi connectivity index (χ2n) is 6.48. The molecule has 0 aromatic heterocycles. The predicted molar refractivity (Wildman–Crippen MR) is 80.5 cm³/mol. The number of aliphatic carboxylic acids is 1. The van der Waals surface area contributed by atoms with Gasteiger partial charge in [0.25, 0.3) is 5.91 Å². The predicted octanol–water partition coefficient (Wildman–Crippen LogP) is 2.31. The minimum Gasteiger partial charge on any atom is -0.481 e. The maximum atomic E-state index is 12.9. The molecule has 1 amide bonds. The third-order valence-electron chi connectivity index (χ3n) is 5.08. The fourth-order valence-corrected chi connectivity index (χ4v) is 3.83. The molecular weight excluding hydrogens is 301 g/mol. The number of benzene rings is 1. The summed E-state index contributed by atoms with van der Waals surface area (Å²) in [4.78, 5) is 25.8. The second-order valence-corrected chi connectivity index (χ2v) is 6.48. The van der Waals surface area contributed by atoms with Gasteiger partial charge in [-0.3, -0.25) is 9.59 Å². The summed E-state index contributed by atoms with van der Waals surface area (Å²) in [6, 6.07) is 5.48. The van der Waals surface area contributed by atoms with E-state index in [0.717, 1.165) is 12.8 Å². The first-order valence-electron chi connectivity index (χ1n) is 7.87. The lowest BCUT2D eigenvalue weighted by atomic mass is 9.81. The summed E-state index contributed by atoms with van der Waals surface area (Å²) in [5, 5.41) is 9.57. The van der Waals surface area contributed by atoms with Crippen LogP contribution in [0.25, 0.3) is 0 Å². The molecule has 1 aliphatic heterocycles. The van der Waals surface area contributed by atoms with Gasteiger partial charge in [-0.05, 0) is 49.9 Å². The number of carbonyl (C=O) groups is 2. The molecule has 3 rings (SSSR count). The Balaban J connectivity index is 1.67. The molecular formula is C17H20FNO4. The second kappa shape index (κ2) is 5.83. The quantitative estimate of drug-likeness (QED) is 0.924. The molecule has 1 aromatic rings. The fourth-order valence-electron chi connectivity index (χ4n) is 3.83. The van der Waals surface area contributed by atoms with Crippen molar-refractivity contribution in [2.75, 3.05) is 13.1 Å². The van der Waals surface area contributed by atoms with Crippen LogP contribution in [0.1, 0.15) is 26.2 Å². The third kappa shape index (κ3) is 2.78. The van der Waals surface area contributed by atoms with Crippen LogP contribution in [0.15, 0.2) is 24.3 Å². The van der Waals surface area contributed by atoms with Crippen LogP contribution in [0.4, 0.5) is 4.39 Å². The Morgan fingerprint density at radius 2 is 2.09 bits per heavy atom. The van der Waals surface area contributed by atoms with Gasteiger partial charge in [0.2, 0.25) is 0 Å². The lowest BCUT2D eigenvalue weighted by Crippen LogP contribution is -2.42. The summed E-state index contributed by atoms with van der Waals surface area (Å²) in [5.74, 6) is -0.944. The topological polar surface area (TPSA) is 66.8 Å². The first kappa shape index (κ1) is 15.8.